The van der Waals surface area contributed by atoms with Crippen LogP contribution in [-0.4, -0.2) is 18.2 Å². The molecule has 1 fully saturated rings. The molecule has 0 aromatic carbocycles. The summed E-state index contributed by atoms with van der Waals surface area (Å²) in [4.78, 5) is 0. The Morgan fingerprint density at radius 2 is 1.80 bits per heavy atom. The van der Waals surface area contributed by atoms with E-state index >= 15 is 0 Å². The van der Waals surface area contributed by atoms with E-state index in [1.54, 1.807) is 0 Å². The van der Waals surface area contributed by atoms with Crippen LogP contribution in [-0.2, 0) is 4.74 Å². The van der Waals surface area contributed by atoms with Crippen molar-refractivity contribution in [2.24, 2.45) is 23.5 Å². The SMILES string of the molecule is CCC(C)CC(N)C1C(C)OC(C)C1C. The fraction of sp³-hybridized carbons (Fsp3) is 1.00. The van der Waals surface area contributed by atoms with E-state index in [2.05, 4.69) is 34.6 Å². The molecule has 0 spiro atoms. The maximum absolute atomic E-state index is 6.32. The van der Waals surface area contributed by atoms with Crippen LogP contribution in [0.15, 0.2) is 0 Å². The minimum absolute atomic E-state index is 0.301. The van der Waals surface area contributed by atoms with Crippen molar-refractivity contribution in [3.8, 4) is 0 Å². The molecule has 1 aliphatic rings. The van der Waals surface area contributed by atoms with Gasteiger partial charge in [0.2, 0.25) is 0 Å². The van der Waals surface area contributed by atoms with Crippen LogP contribution in [0.5, 0.6) is 0 Å². The van der Waals surface area contributed by atoms with Gasteiger partial charge < -0.3 is 10.5 Å². The van der Waals surface area contributed by atoms with Crippen LogP contribution < -0.4 is 5.73 Å². The van der Waals surface area contributed by atoms with Gasteiger partial charge in [-0.2, -0.15) is 0 Å². The molecule has 0 amide bonds. The lowest BCUT2D eigenvalue weighted by Crippen LogP contribution is -2.38. The molecular weight excluding hydrogens is 186 g/mol. The minimum Gasteiger partial charge on any atom is -0.375 e. The summed E-state index contributed by atoms with van der Waals surface area (Å²) in [5.41, 5.74) is 6.32. The van der Waals surface area contributed by atoms with Crippen LogP contribution in [0.1, 0.15) is 47.5 Å². The van der Waals surface area contributed by atoms with E-state index in [1.165, 1.54) is 6.42 Å². The molecule has 0 aliphatic carbocycles. The van der Waals surface area contributed by atoms with Gasteiger partial charge in [0, 0.05) is 12.0 Å². The van der Waals surface area contributed by atoms with Crippen LogP contribution in [0.3, 0.4) is 0 Å². The summed E-state index contributed by atoms with van der Waals surface area (Å²) in [6, 6.07) is 0.301. The van der Waals surface area contributed by atoms with Gasteiger partial charge in [-0.15, -0.1) is 0 Å². The maximum atomic E-state index is 6.32. The van der Waals surface area contributed by atoms with Crippen LogP contribution in [0.2, 0.25) is 0 Å². The molecule has 6 atom stereocenters. The van der Waals surface area contributed by atoms with Gasteiger partial charge in [0.15, 0.2) is 0 Å². The van der Waals surface area contributed by atoms with E-state index in [1.807, 2.05) is 0 Å². The quantitative estimate of drug-likeness (QED) is 0.779. The van der Waals surface area contributed by atoms with Gasteiger partial charge in [0.25, 0.3) is 0 Å². The molecule has 0 bridgehead atoms. The number of rotatable bonds is 4. The molecule has 2 N–H and O–H groups in total. The molecule has 2 heteroatoms. The number of hydrogen-bond donors (Lipinski definition) is 1. The second-order valence-electron chi connectivity index (χ2n) is 5.40. The van der Waals surface area contributed by atoms with Crippen molar-refractivity contribution in [2.75, 3.05) is 0 Å². The highest BCUT2D eigenvalue weighted by molar-refractivity contribution is 4.90. The third-order valence-electron chi connectivity index (χ3n) is 4.18. The monoisotopic (exact) mass is 213 g/mol. The lowest BCUT2D eigenvalue weighted by molar-refractivity contribution is 0.0482. The Hall–Kier alpha value is -0.0800. The largest absolute Gasteiger partial charge is 0.375 e. The first-order chi connectivity index (χ1) is 6.97. The summed E-state index contributed by atoms with van der Waals surface area (Å²) >= 11 is 0. The maximum Gasteiger partial charge on any atom is 0.0597 e. The summed E-state index contributed by atoms with van der Waals surface area (Å²) in [7, 11) is 0. The zero-order valence-electron chi connectivity index (χ0n) is 10.9. The first-order valence-electron chi connectivity index (χ1n) is 6.38. The van der Waals surface area contributed by atoms with E-state index in [0.29, 0.717) is 30.1 Å². The summed E-state index contributed by atoms with van der Waals surface area (Å²) in [5, 5.41) is 0. The number of nitrogens with two attached hydrogens (primary N) is 1. The third-order valence-corrected chi connectivity index (χ3v) is 4.18. The van der Waals surface area contributed by atoms with Crippen molar-refractivity contribution < 1.29 is 4.74 Å². The molecule has 6 unspecified atom stereocenters. The van der Waals surface area contributed by atoms with E-state index in [0.717, 1.165) is 12.3 Å². The highest BCUT2D eigenvalue weighted by Gasteiger charge is 2.40. The van der Waals surface area contributed by atoms with E-state index < -0.39 is 0 Å². The smallest absolute Gasteiger partial charge is 0.0597 e. The molecule has 90 valence electrons. The zero-order chi connectivity index (χ0) is 11.6. The number of hydrogen-bond acceptors (Lipinski definition) is 2. The number of ether oxygens (including phenoxy) is 1. The normalized spacial score (nSPS) is 40.4. The Balaban J connectivity index is 2.54. The summed E-state index contributed by atoms with van der Waals surface area (Å²) in [6.45, 7) is 11.1. The van der Waals surface area contributed by atoms with Gasteiger partial charge in [-0.3, -0.25) is 0 Å². The molecule has 1 heterocycles. The van der Waals surface area contributed by atoms with E-state index in [-0.39, 0.29) is 0 Å². The molecular formula is C13H27NO. The Kier molecular flexibility index (Phi) is 4.60. The topological polar surface area (TPSA) is 35.2 Å². The van der Waals surface area contributed by atoms with Gasteiger partial charge >= 0.3 is 0 Å². The lowest BCUT2D eigenvalue weighted by atomic mass is 9.80. The molecule has 15 heavy (non-hydrogen) atoms. The average molecular weight is 213 g/mol. The van der Waals surface area contributed by atoms with Gasteiger partial charge in [0.05, 0.1) is 12.2 Å². The summed E-state index contributed by atoms with van der Waals surface area (Å²) in [6.07, 6.45) is 3.05. The van der Waals surface area contributed by atoms with Crippen LogP contribution in [0.25, 0.3) is 0 Å². The van der Waals surface area contributed by atoms with Crippen LogP contribution >= 0.6 is 0 Å². The second kappa shape index (κ2) is 5.31. The molecule has 2 nitrogen and oxygen atoms in total. The molecule has 0 aromatic rings. The Labute approximate surface area is 94.6 Å². The van der Waals surface area contributed by atoms with Crippen molar-refractivity contribution in [2.45, 2.75) is 65.7 Å². The van der Waals surface area contributed by atoms with Crippen molar-refractivity contribution >= 4 is 0 Å². The Morgan fingerprint density at radius 3 is 2.20 bits per heavy atom. The van der Waals surface area contributed by atoms with Gasteiger partial charge in [-0.1, -0.05) is 27.2 Å². The molecule has 1 rings (SSSR count). The van der Waals surface area contributed by atoms with Gasteiger partial charge in [-0.25, -0.2) is 0 Å². The predicted molar refractivity (Wildman–Crippen MR) is 64.7 cm³/mol. The molecule has 0 radical (unpaired) electrons. The van der Waals surface area contributed by atoms with Gasteiger partial charge in [0.1, 0.15) is 0 Å². The molecule has 0 aromatic heterocycles. The fourth-order valence-electron chi connectivity index (χ4n) is 2.82. The van der Waals surface area contributed by atoms with E-state index in [4.69, 9.17) is 10.5 Å². The molecule has 1 saturated heterocycles. The lowest BCUT2D eigenvalue weighted by Gasteiger charge is -2.27. The zero-order valence-corrected chi connectivity index (χ0v) is 10.9. The third kappa shape index (κ3) is 2.94. The predicted octanol–water partition coefficient (Wildman–Crippen LogP) is 2.81. The summed E-state index contributed by atoms with van der Waals surface area (Å²) < 4.78 is 5.84. The van der Waals surface area contributed by atoms with Crippen molar-refractivity contribution in [1.29, 1.82) is 0 Å². The Morgan fingerprint density at radius 1 is 1.20 bits per heavy atom. The first kappa shape index (κ1) is 13.0. The van der Waals surface area contributed by atoms with Crippen molar-refractivity contribution in [3.05, 3.63) is 0 Å². The first-order valence-corrected chi connectivity index (χ1v) is 6.38. The summed E-state index contributed by atoms with van der Waals surface area (Å²) in [5.74, 6) is 1.86. The second-order valence-corrected chi connectivity index (χ2v) is 5.40. The minimum atomic E-state index is 0.301. The average Bonchev–Trinajstić information content (AvgIpc) is 2.41. The van der Waals surface area contributed by atoms with E-state index in [9.17, 15) is 0 Å². The van der Waals surface area contributed by atoms with Crippen LogP contribution in [0.4, 0.5) is 0 Å². The molecule has 0 saturated carbocycles. The van der Waals surface area contributed by atoms with Crippen molar-refractivity contribution in [3.63, 3.8) is 0 Å². The standard InChI is InChI=1S/C13H27NO/c1-6-8(2)7-12(14)13-9(3)10(4)15-11(13)5/h8-13H,6-7,14H2,1-5H3. The van der Waals surface area contributed by atoms with Gasteiger partial charge in [-0.05, 0) is 32.1 Å². The molecule has 1 aliphatic heterocycles. The van der Waals surface area contributed by atoms with Crippen molar-refractivity contribution in [1.82, 2.24) is 0 Å². The Bertz CT molecular complexity index is 195. The highest BCUT2D eigenvalue weighted by atomic mass is 16.5. The fourth-order valence-corrected chi connectivity index (χ4v) is 2.82. The highest BCUT2D eigenvalue weighted by Crippen LogP contribution is 2.35. The van der Waals surface area contributed by atoms with Crippen LogP contribution in [0, 0.1) is 17.8 Å².